The van der Waals surface area contributed by atoms with Gasteiger partial charge in [-0.25, -0.2) is 19.2 Å². The lowest BCUT2D eigenvalue weighted by Gasteiger charge is -2.15. The van der Waals surface area contributed by atoms with Crippen molar-refractivity contribution < 1.29 is 23.4 Å². The lowest BCUT2D eigenvalue weighted by molar-refractivity contribution is -0.151. The molecule has 0 saturated carbocycles. The molecule has 0 N–H and O–H groups in total. The average Bonchev–Trinajstić information content (AvgIpc) is 2.70. The van der Waals surface area contributed by atoms with E-state index in [2.05, 4.69) is 25.9 Å². The number of halogens is 2. The number of hydrogen-bond donors (Lipinski definition) is 0. The van der Waals surface area contributed by atoms with Crippen molar-refractivity contribution in [2.75, 3.05) is 6.61 Å². The van der Waals surface area contributed by atoms with Gasteiger partial charge in [0.25, 0.3) is 0 Å². The summed E-state index contributed by atoms with van der Waals surface area (Å²) in [5.74, 6) is -0.782. The monoisotopic (exact) mass is 462 g/mol. The third-order valence-electron chi connectivity index (χ3n) is 3.99. The van der Waals surface area contributed by atoms with Gasteiger partial charge < -0.3 is 14.2 Å². The number of unbranched alkanes of at least 4 members (excludes halogenated alkanes) is 1. The van der Waals surface area contributed by atoms with Gasteiger partial charge in [0.1, 0.15) is 5.75 Å². The number of carbonyl (C=O) groups is 1. The molecular formula is C21H20BrFN2O4. The third-order valence-corrected chi connectivity index (χ3v) is 4.48. The molecule has 0 amide bonds. The fourth-order valence-corrected chi connectivity index (χ4v) is 2.80. The standard InChI is InChI=1S/C21H20BrFN2O4/c1-3-4-9-27-21(26)13(2)28-19-8-6-15(11-16(19)23)29-20-12-24-18-10-14(22)5-7-17(18)25-20/h5-8,10-13H,3-4,9H2,1-2H3. The summed E-state index contributed by atoms with van der Waals surface area (Å²) in [4.78, 5) is 20.5. The molecule has 3 aromatic rings. The Kier molecular flexibility index (Phi) is 6.98. The summed E-state index contributed by atoms with van der Waals surface area (Å²) in [6, 6.07) is 9.58. The van der Waals surface area contributed by atoms with E-state index in [9.17, 15) is 9.18 Å². The molecule has 1 heterocycles. The SMILES string of the molecule is CCCCOC(=O)C(C)Oc1ccc(Oc2cnc3cc(Br)ccc3n2)cc1F. The molecule has 0 aliphatic carbocycles. The van der Waals surface area contributed by atoms with Crippen molar-refractivity contribution in [1.29, 1.82) is 0 Å². The number of carbonyl (C=O) groups excluding carboxylic acids is 1. The van der Waals surface area contributed by atoms with E-state index in [-0.39, 0.29) is 17.4 Å². The number of nitrogens with zero attached hydrogens (tertiary/aromatic N) is 2. The summed E-state index contributed by atoms with van der Waals surface area (Å²) in [6.45, 7) is 3.83. The van der Waals surface area contributed by atoms with Crippen molar-refractivity contribution in [2.24, 2.45) is 0 Å². The minimum atomic E-state index is -0.918. The number of aromatic nitrogens is 2. The highest BCUT2D eigenvalue weighted by molar-refractivity contribution is 9.10. The maximum Gasteiger partial charge on any atom is 0.347 e. The van der Waals surface area contributed by atoms with Gasteiger partial charge in [-0.1, -0.05) is 29.3 Å². The van der Waals surface area contributed by atoms with Crippen LogP contribution in [0.15, 0.2) is 47.1 Å². The summed E-state index contributed by atoms with van der Waals surface area (Å²) in [5.41, 5.74) is 1.36. The molecule has 0 aliphatic rings. The van der Waals surface area contributed by atoms with E-state index in [4.69, 9.17) is 14.2 Å². The quantitative estimate of drug-likeness (QED) is 0.328. The van der Waals surface area contributed by atoms with Crippen LogP contribution < -0.4 is 9.47 Å². The molecule has 29 heavy (non-hydrogen) atoms. The van der Waals surface area contributed by atoms with E-state index in [0.717, 1.165) is 23.4 Å². The molecule has 2 aromatic carbocycles. The number of hydrogen-bond acceptors (Lipinski definition) is 6. The highest BCUT2D eigenvalue weighted by Crippen LogP contribution is 2.27. The zero-order valence-corrected chi connectivity index (χ0v) is 17.6. The average molecular weight is 463 g/mol. The first-order chi connectivity index (χ1) is 14.0. The van der Waals surface area contributed by atoms with Crippen LogP contribution in [-0.4, -0.2) is 28.6 Å². The minimum Gasteiger partial charge on any atom is -0.476 e. The second-order valence-corrected chi connectivity index (χ2v) is 7.23. The van der Waals surface area contributed by atoms with E-state index < -0.39 is 17.9 Å². The zero-order valence-electron chi connectivity index (χ0n) is 16.0. The van der Waals surface area contributed by atoms with E-state index in [1.807, 2.05) is 19.1 Å². The Morgan fingerprint density at radius 2 is 2.03 bits per heavy atom. The van der Waals surface area contributed by atoms with Crippen LogP contribution in [0.5, 0.6) is 17.4 Å². The van der Waals surface area contributed by atoms with Crippen LogP contribution in [-0.2, 0) is 9.53 Å². The minimum absolute atomic E-state index is 0.0632. The van der Waals surface area contributed by atoms with Gasteiger partial charge in [0.15, 0.2) is 17.7 Å². The largest absolute Gasteiger partial charge is 0.476 e. The lowest BCUT2D eigenvalue weighted by atomic mass is 10.3. The maximum absolute atomic E-state index is 14.4. The van der Waals surface area contributed by atoms with E-state index in [1.165, 1.54) is 25.3 Å². The van der Waals surface area contributed by atoms with Gasteiger partial charge in [-0.2, -0.15) is 0 Å². The third kappa shape index (κ3) is 5.63. The number of fused-ring (bicyclic) bond motifs is 1. The Morgan fingerprint density at radius 3 is 2.79 bits per heavy atom. The summed E-state index contributed by atoms with van der Waals surface area (Å²) < 4.78 is 31.3. The predicted molar refractivity (Wildman–Crippen MR) is 110 cm³/mol. The van der Waals surface area contributed by atoms with Crippen LogP contribution in [0.3, 0.4) is 0 Å². The van der Waals surface area contributed by atoms with Gasteiger partial charge in [0.05, 0.1) is 23.8 Å². The second kappa shape index (κ2) is 9.65. The fourth-order valence-electron chi connectivity index (χ4n) is 2.45. The van der Waals surface area contributed by atoms with Crippen molar-refractivity contribution >= 4 is 32.9 Å². The topological polar surface area (TPSA) is 70.5 Å². The molecule has 0 fully saturated rings. The highest BCUT2D eigenvalue weighted by Gasteiger charge is 2.18. The van der Waals surface area contributed by atoms with Crippen LogP contribution >= 0.6 is 15.9 Å². The Labute approximate surface area is 176 Å². The molecule has 0 aliphatic heterocycles. The van der Waals surface area contributed by atoms with E-state index in [1.54, 1.807) is 6.07 Å². The van der Waals surface area contributed by atoms with E-state index in [0.29, 0.717) is 17.6 Å². The molecule has 6 nitrogen and oxygen atoms in total. The first-order valence-electron chi connectivity index (χ1n) is 9.19. The van der Waals surface area contributed by atoms with Crippen LogP contribution in [0.4, 0.5) is 4.39 Å². The molecule has 8 heteroatoms. The number of esters is 1. The first-order valence-corrected chi connectivity index (χ1v) is 9.98. The van der Waals surface area contributed by atoms with Crippen LogP contribution in [0.25, 0.3) is 11.0 Å². The fraction of sp³-hybridized carbons (Fsp3) is 0.286. The van der Waals surface area contributed by atoms with Crippen molar-refractivity contribution in [2.45, 2.75) is 32.8 Å². The van der Waals surface area contributed by atoms with Crippen LogP contribution in [0.1, 0.15) is 26.7 Å². The Hall–Kier alpha value is -2.74. The van der Waals surface area contributed by atoms with Crippen LogP contribution in [0.2, 0.25) is 0 Å². The molecule has 1 aromatic heterocycles. The maximum atomic E-state index is 14.4. The smallest absolute Gasteiger partial charge is 0.347 e. The Morgan fingerprint density at radius 1 is 1.21 bits per heavy atom. The molecule has 0 saturated heterocycles. The molecule has 1 atom stereocenters. The molecule has 0 spiro atoms. The Bertz CT molecular complexity index is 1020. The molecule has 0 bridgehead atoms. The second-order valence-electron chi connectivity index (χ2n) is 6.32. The van der Waals surface area contributed by atoms with Gasteiger partial charge in [0, 0.05) is 10.5 Å². The molecular weight excluding hydrogens is 443 g/mol. The van der Waals surface area contributed by atoms with Crippen LogP contribution in [0, 0.1) is 5.82 Å². The predicted octanol–water partition coefficient (Wildman–Crippen LogP) is 5.43. The lowest BCUT2D eigenvalue weighted by Crippen LogP contribution is -2.26. The summed E-state index contributed by atoms with van der Waals surface area (Å²) in [5, 5.41) is 0. The number of rotatable bonds is 8. The number of benzene rings is 2. The highest BCUT2D eigenvalue weighted by atomic mass is 79.9. The van der Waals surface area contributed by atoms with Crippen molar-refractivity contribution in [3.8, 4) is 17.4 Å². The van der Waals surface area contributed by atoms with Gasteiger partial charge >= 0.3 is 5.97 Å². The van der Waals surface area contributed by atoms with Gasteiger partial charge in [-0.15, -0.1) is 0 Å². The molecule has 0 radical (unpaired) electrons. The molecule has 3 rings (SSSR count). The summed E-state index contributed by atoms with van der Waals surface area (Å²) in [6.07, 6.45) is 2.23. The van der Waals surface area contributed by atoms with Crippen molar-refractivity contribution in [1.82, 2.24) is 9.97 Å². The number of ether oxygens (including phenoxy) is 3. The first kappa shape index (κ1) is 21.0. The van der Waals surface area contributed by atoms with E-state index >= 15 is 0 Å². The van der Waals surface area contributed by atoms with Gasteiger partial charge in [-0.05, 0) is 43.7 Å². The summed E-state index contributed by atoms with van der Waals surface area (Å²) in [7, 11) is 0. The summed E-state index contributed by atoms with van der Waals surface area (Å²) >= 11 is 3.38. The molecule has 1 unspecified atom stereocenters. The van der Waals surface area contributed by atoms with Crippen molar-refractivity contribution in [3.63, 3.8) is 0 Å². The molecule has 152 valence electrons. The van der Waals surface area contributed by atoms with Gasteiger partial charge in [-0.3, -0.25) is 0 Å². The van der Waals surface area contributed by atoms with Gasteiger partial charge in [0.2, 0.25) is 5.88 Å². The normalized spacial score (nSPS) is 11.9. The Balaban J connectivity index is 1.66. The van der Waals surface area contributed by atoms with Crippen molar-refractivity contribution in [3.05, 3.63) is 52.9 Å². The zero-order chi connectivity index (χ0) is 20.8.